The van der Waals surface area contributed by atoms with Crippen molar-refractivity contribution in [1.29, 1.82) is 0 Å². The summed E-state index contributed by atoms with van der Waals surface area (Å²) in [6.45, 7) is 1.79. The first kappa shape index (κ1) is 9.89. The fourth-order valence-electron chi connectivity index (χ4n) is 1.54. The molecule has 1 aromatic carbocycles. The second kappa shape index (κ2) is 3.49. The Hall–Kier alpha value is -1.65. The van der Waals surface area contributed by atoms with Gasteiger partial charge in [0.25, 0.3) is 0 Å². The molecule has 0 spiro atoms. The van der Waals surface area contributed by atoms with E-state index in [-0.39, 0.29) is 17.3 Å². The van der Waals surface area contributed by atoms with Gasteiger partial charge in [0.15, 0.2) is 11.6 Å². The van der Waals surface area contributed by atoms with Crippen LogP contribution >= 0.6 is 0 Å². The Morgan fingerprint density at radius 1 is 1.40 bits per heavy atom. The van der Waals surface area contributed by atoms with E-state index < -0.39 is 17.7 Å². The molecule has 1 aromatic rings. The van der Waals surface area contributed by atoms with Crippen LogP contribution in [-0.2, 0) is 4.79 Å². The fraction of sp³-hybridized carbons (Fsp3) is 0.300. The van der Waals surface area contributed by atoms with Gasteiger partial charge in [0.1, 0.15) is 6.04 Å². The molecular formula is C10H10F2N2O. The molecule has 1 unspecified atom stereocenters. The number of benzene rings is 1. The molecule has 1 heterocycles. The van der Waals surface area contributed by atoms with Crippen molar-refractivity contribution in [3.63, 3.8) is 0 Å². The van der Waals surface area contributed by atoms with Crippen LogP contribution in [0, 0.1) is 11.6 Å². The number of carbonyl (C=O) groups is 1. The highest BCUT2D eigenvalue weighted by Crippen LogP contribution is 2.31. The first-order chi connectivity index (χ1) is 7.13. The molecular weight excluding hydrogens is 202 g/mol. The molecule has 3 nitrogen and oxygen atoms in total. The van der Waals surface area contributed by atoms with E-state index in [0.29, 0.717) is 6.42 Å². The second-order valence-electron chi connectivity index (χ2n) is 3.38. The summed E-state index contributed by atoms with van der Waals surface area (Å²) in [6.07, 6.45) is 0.515. The number of amides is 1. The average molecular weight is 212 g/mol. The summed E-state index contributed by atoms with van der Waals surface area (Å²) < 4.78 is 26.2. The van der Waals surface area contributed by atoms with Crippen LogP contribution in [-0.4, -0.2) is 11.9 Å². The molecule has 2 rings (SSSR count). The average Bonchev–Trinajstić information content (AvgIpc) is 2.23. The second-order valence-corrected chi connectivity index (χ2v) is 3.38. The van der Waals surface area contributed by atoms with Gasteiger partial charge < -0.3 is 10.6 Å². The topological polar surface area (TPSA) is 41.1 Å². The number of nitrogens with one attached hydrogen (secondary N) is 2. The molecule has 80 valence electrons. The van der Waals surface area contributed by atoms with Crippen molar-refractivity contribution in [3.8, 4) is 0 Å². The maximum absolute atomic E-state index is 13.3. The standard InChI is InChI=1S/C10H10F2N2O/c1-2-6-10(15)14-7-4-3-5(11)8(12)9(7)13-6/h3-4,6,13H,2H2,1H3,(H,14,15). The first-order valence-corrected chi connectivity index (χ1v) is 4.69. The Labute approximate surface area is 85.5 Å². The Morgan fingerprint density at radius 3 is 2.80 bits per heavy atom. The zero-order valence-corrected chi connectivity index (χ0v) is 8.10. The van der Waals surface area contributed by atoms with Gasteiger partial charge in [0.05, 0.1) is 11.4 Å². The Bertz CT molecular complexity index is 420. The van der Waals surface area contributed by atoms with Crippen molar-refractivity contribution in [2.45, 2.75) is 19.4 Å². The van der Waals surface area contributed by atoms with Crippen molar-refractivity contribution in [1.82, 2.24) is 0 Å². The lowest BCUT2D eigenvalue weighted by Gasteiger charge is -2.26. The SMILES string of the molecule is CCC1Nc2c(ccc(F)c2F)NC1=O. The Morgan fingerprint density at radius 2 is 2.13 bits per heavy atom. The van der Waals surface area contributed by atoms with Crippen LogP contribution in [0.1, 0.15) is 13.3 Å². The fourth-order valence-corrected chi connectivity index (χ4v) is 1.54. The van der Waals surface area contributed by atoms with Crippen molar-refractivity contribution in [2.75, 3.05) is 10.6 Å². The maximum Gasteiger partial charge on any atom is 0.246 e. The molecule has 1 aliphatic rings. The molecule has 1 aliphatic heterocycles. The summed E-state index contributed by atoms with van der Waals surface area (Å²) in [5, 5.41) is 5.20. The van der Waals surface area contributed by atoms with Gasteiger partial charge in [-0.25, -0.2) is 8.78 Å². The number of halogens is 2. The zero-order valence-electron chi connectivity index (χ0n) is 8.10. The first-order valence-electron chi connectivity index (χ1n) is 4.69. The minimum Gasteiger partial charge on any atom is -0.369 e. The van der Waals surface area contributed by atoms with E-state index in [9.17, 15) is 13.6 Å². The number of rotatable bonds is 1. The van der Waals surface area contributed by atoms with Gasteiger partial charge in [-0.2, -0.15) is 0 Å². The quantitative estimate of drug-likeness (QED) is 0.748. The summed E-state index contributed by atoms with van der Waals surface area (Å²) in [5.74, 6) is -2.10. The summed E-state index contributed by atoms with van der Waals surface area (Å²) in [6, 6.07) is 1.82. The van der Waals surface area contributed by atoms with Gasteiger partial charge in [-0.1, -0.05) is 6.92 Å². The van der Waals surface area contributed by atoms with E-state index in [1.165, 1.54) is 6.07 Å². The van der Waals surface area contributed by atoms with E-state index in [1.807, 2.05) is 0 Å². The van der Waals surface area contributed by atoms with Crippen LogP contribution in [0.5, 0.6) is 0 Å². The van der Waals surface area contributed by atoms with E-state index in [1.54, 1.807) is 6.92 Å². The lowest BCUT2D eigenvalue weighted by molar-refractivity contribution is -0.117. The van der Waals surface area contributed by atoms with Crippen molar-refractivity contribution in [2.24, 2.45) is 0 Å². The molecule has 15 heavy (non-hydrogen) atoms. The van der Waals surface area contributed by atoms with Crippen LogP contribution in [0.4, 0.5) is 20.2 Å². The third-order valence-electron chi connectivity index (χ3n) is 2.40. The highest BCUT2D eigenvalue weighted by molar-refractivity contribution is 6.02. The zero-order chi connectivity index (χ0) is 11.0. The minimum absolute atomic E-state index is 0.0291. The largest absolute Gasteiger partial charge is 0.369 e. The third-order valence-corrected chi connectivity index (χ3v) is 2.40. The normalized spacial score (nSPS) is 19.1. The van der Waals surface area contributed by atoms with Crippen LogP contribution < -0.4 is 10.6 Å². The molecule has 0 bridgehead atoms. The lowest BCUT2D eigenvalue weighted by atomic mass is 10.1. The van der Waals surface area contributed by atoms with Crippen LogP contribution in [0.15, 0.2) is 12.1 Å². The molecule has 0 radical (unpaired) electrons. The maximum atomic E-state index is 13.3. The predicted molar refractivity (Wildman–Crippen MR) is 52.7 cm³/mol. The lowest BCUT2D eigenvalue weighted by Crippen LogP contribution is -2.38. The predicted octanol–water partition coefficient (Wildman–Crippen LogP) is 2.11. The van der Waals surface area contributed by atoms with Gasteiger partial charge in [-0.05, 0) is 18.6 Å². The number of anilines is 2. The number of carbonyl (C=O) groups excluding carboxylic acids is 1. The van der Waals surface area contributed by atoms with Crippen LogP contribution in [0.2, 0.25) is 0 Å². The number of hydrogen-bond donors (Lipinski definition) is 2. The van der Waals surface area contributed by atoms with Gasteiger partial charge in [-0.3, -0.25) is 4.79 Å². The monoisotopic (exact) mass is 212 g/mol. The Balaban J connectivity index is 2.46. The molecule has 0 fully saturated rings. The minimum atomic E-state index is -0.953. The molecule has 0 aliphatic carbocycles. The van der Waals surface area contributed by atoms with Crippen LogP contribution in [0.3, 0.4) is 0 Å². The summed E-state index contributed by atoms with van der Waals surface area (Å²) in [5.41, 5.74) is 0.310. The van der Waals surface area contributed by atoms with Gasteiger partial charge >= 0.3 is 0 Å². The smallest absolute Gasteiger partial charge is 0.246 e. The van der Waals surface area contributed by atoms with E-state index in [2.05, 4.69) is 10.6 Å². The van der Waals surface area contributed by atoms with Gasteiger partial charge in [0.2, 0.25) is 5.91 Å². The van der Waals surface area contributed by atoms with Crippen LogP contribution in [0.25, 0.3) is 0 Å². The van der Waals surface area contributed by atoms with E-state index >= 15 is 0 Å². The molecule has 2 N–H and O–H groups in total. The number of hydrogen-bond acceptors (Lipinski definition) is 2. The summed E-state index contributed by atoms with van der Waals surface area (Å²) in [7, 11) is 0. The highest BCUT2D eigenvalue weighted by Gasteiger charge is 2.27. The van der Waals surface area contributed by atoms with Crippen molar-refractivity contribution >= 4 is 17.3 Å². The summed E-state index contributed by atoms with van der Waals surface area (Å²) >= 11 is 0. The van der Waals surface area contributed by atoms with Crippen molar-refractivity contribution < 1.29 is 13.6 Å². The molecule has 0 saturated heterocycles. The molecule has 1 atom stereocenters. The molecule has 5 heteroatoms. The molecule has 0 saturated carbocycles. The summed E-state index contributed by atoms with van der Waals surface area (Å²) in [4.78, 5) is 11.4. The van der Waals surface area contributed by atoms with Crippen molar-refractivity contribution in [3.05, 3.63) is 23.8 Å². The number of fused-ring (bicyclic) bond motifs is 1. The molecule has 0 aromatic heterocycles. The Kier molecular flexibility index (Phi) is 2.30. The third kappa shape index (κ3) is 1.54. The van der Waals surface area contributed by atoms with Gasteiger partial charge in [-0.15, -0.1) is 0 Å². The van der Waals surface area contributed by atoms with E-state index in [0.717, 1.165) is 6.07 Å². The highest BCUT2D eigenvalue weighted by atomic mass is 19.2. The van der Waals surface area contributed by atoms with E-state index in [4.69, 9.17) is 0 Å². The van der Waals surface area contributed by atoms with Gasteiger partial charge in [0, 0.05) is 0 Å². The molecule has 1 amide bonds.